The summed E-state index contributed by atoms with van der Waals surface area (Å²) in [5, 5.41) is 12.4. The number of benzene rings is 9. The largest absolute Gasteiger partial charge is 0.455 e. The summed E-state index contributed by atoms with van der Waals surface area (Å²) < 4.78 is 12.0. The van der Waals surface area contributed by atoms with Gasteiger partial charge in [-0.25, -0.2) is 9.97 Å². The fraction of sp³-hybridized carbons (Fsp3) is 0.0164. The standard InChI is InChI=1S/C61H44N4OSi2/c1-64-54-35-15-14-34-53(54)63-60(64)43-21-18-31-49(41-43)67(45-23-6-2-7-24-45,46-25-8-3-9-26-46)50-32-19-22-44(42-50)65-58-51(52-33-20-40-62-61(52)65)38-39-57-59(58)66-55-36-16-17-37-56(55)68(57,47-27-10-4-11-28-47)48-29-12-5-13-30-48/h2-42H,1H3. The molecular weight excluding hydrogens is 861 g/mol. The third-order valence-corrected chi connectivity index (χ3v) is 23.8. The highest BCUT2D eigenvalue weighted by molar-refractivity contribution is 7.21. The molecule has 0 atom stereocenters. The van der Waals surface area contributed by atoms with Gasteiger partial charge in [-0.1, -0.05) is 200 Å². The maximum atomic E-state index is 7.36. The molecule has 5 nitrogen and oxygen atoms in total. The Labute approximate surface area is 396 Å². The molecule has 0 fully saturated rings. The summed E-state index contributed by atoms with van der Waals surface area (Å²) in [7, 11) is -3.91. The molecule has 0 N–H and O–H groups in total. The van der Waals surface area contributed by atoms with E-state index in [0.717, 1.165) is 61.5 Å². The molecule has 13 rings (SSSR count). The number of rotatable bonds is 8. The van der Waals surface area contributed by atoms with Gasteiger partial charge in [0.25, 0.3) is 0 Å². The van der Waals surface area contributed by atoms with Crippen LogP contribution in [0.4, 0.5) is 0 Å². The molecule has 3 aromatic heterocycles. The molecule has 0 spiro atoms. The van der Waals surface area contributed by atoms with Gasteiger partial charge < -0.3 is 9.30 Å². The van der Waals surface area contributed by atoms with E-state index >= 15 is 0 Å². The van der Waals surface area contributed by atoms with Crippen LogP contribution >= 0.6 is 0 Å². The van der Waals surface area contributed by atoms with Gasteiger partial charge in [0.1, 0.15) is 17.2 Å². The minimum absolute atomic E-state index is 0.883. The summed E-state index contributed by atoms with van der Waals surface area (Å²) in [5.74, 6) is 2.72. The van der Waals surface area contributed by atoms with Crippen molar-refractivity contribution in [2.45, 2.75) is 0 Å². The number of aryl methyl sites for hydroxylation is 1. The summed E-state index contributed by atoms with van der Waals surface area (Å²) in [6, 6.07) is 89.0. The van der Waals surface area contributed by atoms with E-state index in [9.17, 15) is 0 Å². The molecule has 12 aromatic rings. The molecule has 322 valence electrons. The minimum Gasteiger partial charge on any atom is -0.455 e. The number of aromatic nitrogens is 4. The van der Waals surface area contributed by atoms with Gasteiger partial charge in [-0.15, -0.1) is 0 Å². The van der Waals surface area contributed by atoms with Crippen molar-refractivity contribution < 1.29 is 4.74 Å². The molecule has 1 aliphatic heterocycles. The van der Waals surface area contributed by atoms with Gasteiger partial charge in [-0.2, -0.15) is 0 Å². The lowest BCUT2D eigenvalue weighted by Crippen LogP contribution is -2.76. The number of ether oxygens (including phenoxy) is 1. The molecule has 0 saturated carbocycles. The highest BCUT2D eigenvalue weighted by Gasteiger charge is 2.49. The molecule has 4 heterocycles. The Bertz CT molecular complexity index is 3770. The fourth-order valence-corrected chi connectivity index (χ4v) is 21.1. The Morgan fingerprint density at radius 1 is 0.485 bits per heavy atom. The van der Waals surface area contributed by atoms with Crippen LogP contribution in [0.1, 0.15) is 0 Å². The zero-order valence-electron chi connectivity index (χ0n) is 37.4. The van der Waals surface area contributed by atoms with Crippen LogP contribution in [-0.4, -0.2) is 35.2 Å². The summed E-state index contributed by atoms with van der Waals surface area (Å²) in [4.78, 5) is 10.4. The smallest absolute Gasteiger partial charge is 0.188 e. The van der Waals surface area contributed by atoms with Crippen molar-refractivity contribution in [3.05, 3.63) is 249 Å². The molecule has 1 aliphatic rings. The lowest BCUT2D eigenvalue weighted by atomic mass is 10.2. The van der Waals surface area contributed by atoms with E-state index in [2.05, 4.69) is 253 Å². The molecule has 0 bridgehead atoms. The van der Waals surface area contributed by atoms with Crippen LogP contribution < -0.4 is 46.2 Å². The molecule has 0 amide bonds. The number of pyridine rings is 1. The Balaban J connectivity index is 1.11. The van der Waals surface area contributed by atoms with Crippen LogP contribution in [0, 0.1) is 0 Å². The third kappa shape index (κ3) is 5.86. The second kappa shape index (κ2) is 15.9. The predicted octanol–water partition coefficient (Wildman–Crippen LogP) is 8.59. The molecule has 68 heavy (non-hydrogen) atoms. The van der Waals surface area contributed by atoms with Gasteiger partial charge in [0, 0.05) is 35.3 Å². The van der Waals surface area contributed by atoms with Crippen LogP contribution in [0.5, 0.6) is 11.5 Å². The average Bonchev–Trinajstić information content (AvgIpc) is 3.94. The second-order valence-electron chi connectivity index (χ2n) is 17.7. The first kappa shape index (κ1) is 40.0. The van der Waals surface area contributed by atoms with E-state index in [1.54, 1.807) is 0 Å². The van der Waals surface area contributed by atoms with Crippen LogP contribution in [0.2, 0.25) is 0 Å². The SMILES string of the molecule is Cn1c(-c2cccc([Si](c3ccccc3)(c3ccccc3)c3cccc(-n4c5ncccc5c5ccc6c(c54)Oc4ccccc4[Si]6(c4ccccc4)c4ccccc4)c3)c2)nc2ccccc21. The number of nitrogens with zero attached hydrogens (tertiary/aromatic N) is 4. The summed E-state index contributed by atoms with van der Waals surface area (Å²) in [6.07, 6.45) is 1.91. The van der Waals surface area contributed by atoms with Crippen molar-refractivity contribution in [3.63, 3.8) is 0 Å². The number of hydrogen-bond donors (Lipinski definition) is 0. The van der Waals surface area contributed by atoms with Crippen LogP contribution in [-0.2, 0) is 7.05 Å². The highest BCUT2D eigenvalue weighted by atomic mass is 28.3. The van der Waals surface area contributed by atoms with Gasteiger partial charge in [-0.05, 0) is 84.0 Å². The number of para-hydroxylation sites is 3. The first-order chi connectivity index (χ1) is 33.7. The lowest BCUT2D eigenvalue weighted by Gasteiger charge is -2.39. The van der Waals surface area contributed by atoms with E-state index in [0.29, 0.717) is 0 Å². The molecule has 0 aliphatic carbocycles. The lowest BCUT2D eigenvalue weighted by molar-refractivity contribution is 0.491. The summed E-state index contributed by atoms with van der Waals surface area (Å²) in [6.45, 7) is 0. The quantitative estimate of drug-likeness (QED) is 0.114. The molecule has 7 heteroatoms. The maximum Gasteiger partial charge on any atom is 0.188 e. The van der Waals surface area contributed by atoms with Crippen molar-refractivity contribution in [2.75, 3.05) is 0 Å². The van der Waals surface area contributed by atoms with Crippen molar-refractivity contribution in [3.8, 4) is 28.6 Å². The Morgan fingerprint density at radius 3 is 1.79 bits per heavy atom. The van der Waals surface area contributed by atoms with E-state index in [-0.39, 0.29) is 0 Å². The molecule has 0 unspecified atom stereocenters. The normalized spacial score (nSPS) is 13.0. The van der Waals surface area contributed by atoms with Crippen LogP contribution in [0.3, 0.4) is 0 Å². The van der Waals surface area contributed by atoms with Crippen molar-refractivity contribution >= 4 is 90.6 Å². The van der Waals surface area contributed by atoms with E-state index in [4.69, 9.17) is 14.7 Å². The minimum atomic E-state index is -3.08. The van der Waals surface area contributed by atoms with Crippen molar-refractivity contribution in [1.29, 1.82) is 0 Å². The maximum absolute atomic E-state index is 7.36. The van der Waals surface area contributed by atoms with Crippen LogP contribution in [0.25, 0.3) is 50.0 Å². The number of fused-ring (bicyclic) bond motifs is 7. The van der Waals surface area contributed by atoms with E-state index in [1.165, 1.54) is 41.5 Å². The monoisotopic (exact) mass is 904 g/mol. The topological polar surface area (TPSA) is 44.9 Å². The first-order valence-corrected chi connectivity index (χ1v) is 27.2. The second-order valence-corrected chi connectivity index (χ2v) is 25.3. The van der Waals surface area contributed by atoms with Gasteiger partial charge in [0.15, 0.2) is 21.9 Å². The molecular formula is C61H44N4OSi2. The van der Waals surface area contributed by atoms with Crippen molar-refractivity contribution in [1.82, 2.24) is 19.1 Å². The summed E-state index contributed by atoms with van der Waals surface area (Å²) in [5.41, 5.74) is 6.11. The van der Waals surface area contributed by atoms with Gasteiger partial charge in [-0.3, -0.25) is 4.57 Å². The Hall–Kier alpha value is -8.37. The third-order valence-electron chi connectivity index (χ3n) is 14.3. The van der Waals surface area contributed by atoms with Gasteiger partial charge in [0.2, 0.25) is 0 Å². The zero-order chi connectivity index (χ0) is 45.2. The van der Waals surface area contributed by atoms with E-state index in [1.807, 2.05) is 12.3 Å². The highest BCUT2D eigenvalue weighted by Crippen LogP contribution is 2.40. The number of hydrogen-bond acceptors (Lipinski definition) is 3. The zero-order valence-corrected chi connectivity index (χ0v) is 39.4. The average molecular weight is 905 g/mol. The predicted molar refractivity (Wildman–Crippen MR) is 286 cm³/mol. The number of imidazole rings is 1. The van der Waals surface area contributed by atoms with Gasteiger partial charge in [0.05, 0.1) is 16.6 Å². The Kier molecular flexibility index (Phi) is 9.35. The molecule has 0 radical (unpaired) electrons. The van der Waals surface area contributed by atoms with Crippen molar-refractivity contribution in [2.24, 2.45) is 7.05 Å². The fourth-order valence-electron chi connectivity index (χ4n) is 11.4. The van der Waals surface area contributed by atoms with Crippen LogP contribution in [0.15, 0.2) is 249 Å². The van der Waals surface area contributed by atoms with Gasteiger partial charge >= 0.3 is 0 Å². The first-order valence-electron chi connectivity index (χ1n) is 23.2. The molecule has 0 saturated heterocycles. The van der Waals surface area contributed by atoms with E-state index < -0.39 is 16.1 Å². The summed E-state index contributed by atoms with van der Waals surface area (Å²) >= 11 is 0. The Morgan fingerprint density at radius 2 is 1.09 bits per heavy atom. The molecule has 9 aromatic carbocycles.